The number of hydrogen-bond donors (Lipinski definition) is 0. The Labute approximate surface area is 93.7 Å². The molecule has 0 atom stereocenters. The Hall–Kier alpha value is -1.36. The van der Waals surface area contributed by atoms with Crippen LogP contribution in [0.5, 0.6) is 0 Å². The first-order valence-electron chi connectivity index (χ1n) is 4.82. The van der Waals surface area contributed by atoms with Crippen LogP contribution in [0.3, 0.4) is 0 Å². The summed E-state index contributed by atoms with van der Waals surface area (Å²) in [7, 11) is 1.55. The molecule has 1 rings (SSSR count). The lowest BCUT2D eigenvalue weighted by atomic mass is 10.1. The van der Waals surface area contributed by atoms with Crippen molar-refractivity contribution in [3.05, 3.63) is 30.2 Å². The van der Waals surface area contributed by atoms with Gasteiger partial charge in [0.15, 0.2) is 6.04 Å². The van der Waals surface area contributed by atoms with Gasteiger partial charge in [-0.15, -0.1) is 0 Å². The highest BCUT2D eigenvalue weighted by Gasteiger charge is 2.37. The van der Waals surface area contributed by atoms with Crippen LogP contribution < -0.4 is 0 Å². The normalized spacial score (nSPS) is 16.4. The van der Waals surface area contributed by atoms with Gasteiger partial charge in [0.05, 0.1) is 26.1 Å². The molecule has 1 heterocycles. The third kappa shape index (κ3) is 3.34. The van der Waals surface area contributed by atoms with Crippen molar-refractivity contribution in [2.45, 2.75) is 12.8 Å². The van der Waals surface area contributed by atoms with E-state index in [4.69, 9.17) is 9.47 Å². The minimum atomic E-state index is -2.94. The van der Waals surface area contributed by atoms with E-state index in [0.717, 1.165) is 11.5 Å². The van der Waals surface area contributed by atoms with Gasteiger partial charge in [-0.3, -0.25) is 4.58 Å². The van der Waals surface area contributed by atoms with E-state index in [0.29, 0.717) is 19.0 Å². The van der Waals surface area contributed by atoms with Gasteiger partial charge < -0.3 is 9.47 Å². The van der Waals surface area contributed by atoms with Crippen LogP contribution in [-0.2, 0) is 9.47 Å². The van der Waals surface area contributed by atoms with Crippen molar-refractivity contribution in [3.8, 4) is 0 Å². The maximum absolute atomic E-state index is 13.1. The summed E-state index contributed by atoms with van der Waals surface area (Å²) >= 11 is 0. The van der Waals surface area contributed by atoms with Gasteiger partial charge in [-0.25, -0.2) is 8.78 Å². The Balaban J connectivity index is 2.66. The van der Waals surface area contributed by atoms with E-state index >= 15 is 0 Å². The predicted molar refractivity (Wildman–Crippen MR) is 56.3 cm³/mol. The van der Waals surface area contributed by atoms with Crippen LogP contribution in [0.2, 0.25) is 0 Å². The molecule has 0 aromatic carbocycles. The second kappa shape index (κ2) is 5.12. The molecule has 0 amide bonds. The van der Waals surface area contributed by atoms with Crippen molar-refractivity contribution in [3.63, 3.8) is 0 Å². The van der Waals surface area contributed by atoms with Crippen LogP contribution in [0.4, 0.5) is 8.78 Å². The third-order valence-corrected chi connectivity index (χ3v) is 2.01. The zero-order valence-electron chi connectivity index (χ0n) is 9.37. The Kier molecular flexibility index (Phi) is 4.06. The molecule has 1 aliphatic rings. The zero-order chi connectivity index (χ0) is 12.2. The molecule has 0 saturated heterocycles. The number of allylic oxidation sites excluding steroid dienone is 1. The number of rotatable bonds is 5. The number of methoxy groups -OCH3 is 1. The van der Waals surface area contributed by atoms with Crippen molar-refractivity contribution in [2.24, 2.45) is 0 Å². The zero-order valence-corrected chi connectivity index (χ0v) is 9.37. The monoisotopic (exact) mass is 231 g/mol. The second-order valence-electron chi connectivity index (χ2n) is 3.45. The van der Waals surface area contributed by atoms with Crippen LogP contribution in [-0.4, -0.2) is 37.5 Å². The second-order valence-corrected chi connectivity index (χ2v) is 3.45. The fraction of sp³-hybridized carbons (Fsp3) is 0.455. The fourth-order valence-corrected chi connectivity index (χ4v) is 1.22. The predicted octanol–water partition coefficient (Wildman–Crippen LogP) is 1.96. The molecule has 0 aromatic rings. The number of nitrogens with zero attached hydrogens (tertiary/aromatic N) is 1. The largest absolute Gasteiger partial charge is 0.534 e. The maximum atomic E-state index is 13.1. The summed E-state index contributed by atoms with van der Waals surface area (Å²) < 4.78 is 37.4. The van der Waals surface area contributed by atoms with Crippen molar-refractivity contribution < 1.29 is 22.8 Å². The molecule has 1 aliphatic heterocycles. The van der Waals surface area contributed by atoms with Gasteiger partial charge in [0, 0.05) is 19.8 Å². The Morgan fingerprint density at radius 1 is 1.50 bits per heavy atom. The molecule has 0 unspecified atom stereocenters. The first-order valence-corrected chi connectivity index (χ1v) is 4.82. The van der Waals surface area contributed by atoms with Gasteiger partial charge in [0.25, 0.3) is 5.92 Å². The number of hydrogen-bond acceptors (Lipinski definition) is 2. The molecule has 3 nitrogen and oxygen atoms in total. The fourth-order valence-electron chi connectivity index (χ4n) is 1.22. The van der Waals surface area contributed by atoms with Gasteiger partial charge in [-0.2, -0.15) is 0 Å². The molecule has 0 spiro atoms. The molecule has 5 heteroatoms. The molecular weight excluding hydrogens is 216 g/mol. The maximum Gasteiger partial charge on any atom is 0.294 e. The minimum absolute atomic E-state index is 0.192. The molecule has 0 radical (unpaired) electrons. The van der Waals surface area contributed by atoms with E-state index in [1.165, 1.54) is 12.3 Å². The smallest absolute Gasteiger partial charge is 0.294 e. The highest BCUT2D eigenvalue weighted by molar-refractivity contribution is 5.29. The standard InChI is InChI=1S/C11H15F2NO2/c1-11(12,13)10-8-9(4-5-14(10)2)16-7-6-15-3/h4-5,8H,2,6-7H2,1,3H3. The van der Waals surface area contributed by atoms with Crippen molar-refractivity contribution in [1.29, 1.82) is 0 Å². The first-order chi connectivity index (χ1) is 7.45. The van der Waals surface area contributed by atoms with E-state index in [9.17, 15) is 8.78 Å². The average Bonchev–Trinajstić information content (AvgIpc) is 2.19. The lowest BCUT2D eigenvalue weighted by Crippen LogP contribution is -2.30. The van der Waals surface area contributed by atoms with Crippen molar-refractivity contribution in [2.75, 3.05) is 20.3 Å². The quantitative estimate of drug-likeness (QED) is 0.410. The lowest BCUT2D eigenvalue weighted by Gasteiger charge is -2.25. The van der Waals surface area contributed by atoms with E-state index in [2.05, 4.69) is 6.72 Å². The molecule has 90 valence electrons. The molecule has 16 heavy (non-hydrogen) atoms. The van der Waals surface area contributed by atoms with E-state index in [1.807, 2.05) is 0 Å². The number of ether oxygens (including phenoxy) is 2. The highest BCUT2D eigenvalue weighted by Crippen LogP contribution is 2.31. The molecule has 0 aromatic heterocycles. The summed E-state index contributed by atoms with van der Waals surface area (Å²) in [5, 5.41) is 0. The van der Waals surface area contributed by atoms with Crippen LogP contribution >= 0.6 is 0 Å². The van der Waals surface area contributed by atoms with E-state index in [1.54, 1.807) is 13.2 Å². The molecule has 0 fully saturated rings. The molecule has 0 bridgehead atoms. The topological polar surface area (TPSA) is 21.5 Å². The Morgan fingerprint density at radius 3 is 2.75 bits per heavy atom. The first kappa shape index (κ1) is 12.7. The average molecular weight is 231 g/mol. The summed E-state index contributed by atoms with van der Waals surface area (Å²) in [6.07, 6.45) is 4.30. The van der Waals surface area contributed by atoms with Gasteiger partial charge in [0.1, 0.15) is 0 Å². The SMILES string of the molecule is C=[N+]1C=CC(OCCOC)=C[C-]1C(C)(F)F. The van der Waals surface area contributed by atoms with Crippen molar-refractivity contribution in [1.82, 2.24) is 0 Å². The van der Waals surface area contributed by atoms with Gasteiger partial charge in [0.2, 0.25) is 0 Å². The summed E-state index contributed by atoms with van der Waals surface area (Å²) in [6, 6.07) is -0.192. The van der Waals surface area contributed by atoms with Crippen LogP contribution in [0.25, 0.3) is 0 Å². The van der Waals surface area contributed by atoms with Crippen LogP contribution in [0, 0.1) is 6.04 Å². The van der Waals surface area contributed by atoms with E-state index in [-0.39, 0.29) is 6.04 Å². The molecular formula is C11H15F2NO2. The number of alkyl halides is 2. The van der Waals surface area contributed by atoms with Crippen LogP contribution in [0.15, 0.2) is 24.1 Å². The van der Waals surface area contributed by atoms with E-state index < -0.39 is 5.92 Å². The molecule has 0 aliphatic carbocycles. The van der Waals surface area contributed by atoms with Gasteiger partial charge >= 0.3 is 0 Å². The Bertz CT molecular complexity index is 318. The summed E-state index contributed by atoms with van der Waals surface area (Å²) in [6.45, 7) is 5.04. The van der Waals surface area contributed by atoms with Crippen molar-refractivity contribution >= 4 is 6.72 Å². The molecule has 0 saturated carbocycles. The lowest BCUT2D eigenvalue weighted by molar-refractivity contribution is -0.452. The summed E-state index contributed by atoms with van der Waals surface area (Å²) in [5.74, 6) is -2.56. The molecule has 0 N–H and O–H groups in total. The minimum Gasteiger partial charge on any atom is -0.534 e. The third-order valence-electron chi connectivity index (χ3n) is 2.01. The number of halogens is 2. The van der Waals surface area contributed by atoms with Crippen LogP contribution in [0.1, 0.15) is 6.92 Å². The van der Waals surface area contributed by atoms with Gasteiger partial charge in [-0.05, 0) is 12.2 Å². The summed E-state index contributed by atoms with van der Waals surface area (Å²) in [4.78, 5) is 0. The highest BCUT2D eigenvalue weighted by atomic mass is 19.3. The Morgan fingerprint density at radius 2 is 2.19 bits per heavy atom. The summed E-state index contributed by atoms with van der Waals surface area (Å²) in [5.41, 5.74) is 0. The van der Waals surface area contributed by atoms with Gasteiger partial charge in [-0.1, -0.05) is 0 Å².